The summed E-state index contributed by atoms with van der Waals surface area (Å²) in [5.74, 6) is 0. The SMILES string of the molecule is CCC(OCC(O)CN1CCN(c2cccc(Cl)c2)CC1)c1ccccc1.Cl. The molecule has 0 radical (unpaired) electrons. The number of rotatable bonds is 8. The van der Waals surface area contributed by atoms with E-state index < -0.39 is 6.10 Å². The number of hydrogen-bond donors (Lipinski definition) is 1. The summed E-state index contributed by atoms with van der Waals surface area (Å²) in [5, 5.41) is 11.2. The lowest BCUT2D eigenvalue weighted by atomic mass is 10.1. The van der Waals surface area contributed by atoms with Gasteiger partial charge in [0.05, 0.1) is 18.8 Å². The fraction of sp³-hybridized carbons (Fsp3) is 0.455. The second-order valence-corrected chi connectivity index (χ2v) is 7.50. The van der Waals surface area contributed by atoms with Crippen LogP contribution in [-0.4, -0.2) is 55.4 Å². The molecule has 0 amide bonds. The third-order valence-electron chi connectivity index (χ3n) is 5.05. The van der Waals surface area contributed by atoms with Crippen molar-refractivity contribution in [1.82, 2.24) is 4.90 Å². The Kier molecular flexibility index (Phi) is 9.56. The molecule has 1 aliphatic rings. The van der Waals surface area contributed by atoms with Gasteiger partial charge in [0.25, 0.3) is 0 Å². The summed E-state index contributed by atoms with van der Waals surface area (Å²) in [7, 11) is 0. The van der Waals surface area contributed by atoms with Crippen molar-refractivity contribution in [2.75, 3.05) is 44.2 Å². The van der Waals surface area contributed by atoms with Gasteiger partial charge in [0.1, 0.15) is 0 Å². The van der Waals surface area contributed by atoms with Crippen LogP contribution in [0.5, 0.6) is 0 Å². The fourth-order valence-corrected chi connectivity index (χ4v) is 3.74. The van der Waals surface area contributed by atoms with Gasteiger partial charge in [0, 0.05) is 43.4 Å². The lowest BCUT2D eigenvalue weighted by molar-refractivity contribution is -0.0240. The van der Waals surface area contributed by atoms with E-state index >= 15 is 0 Å². The first-order chi connectivity index (χ1) is 13.2. The minimum atomic E-state index is -0.472. The lowest BCUT2D eigenvalue weighted by Gasteiger charge is -2.37. The van der Waals surface area contributed by atoms with Crippen LogP contribution in [0.2, 0.25) is 5.02 Å². The summed E-state index contributed by atoms with van der Waals surface area (Å²) >= 11 is 6.09. The van der Waals surface area contributed by atoms with Crippen molar-refractivity contribution in [2.24, 2.45) is 0 Å². The van der Waals surface area contributed by atoms with E-state index in [4.69, 9.17) is 16.3 Å². The van der Waals surface area contributed by atoms with Gasteiger partial charge in [-0.2, -0.15) is 0 Å². The summed E-state index contributed by atoms with van der Waals surface area (Å²) in [5.41, 5.74) is 2.34. The smallest absolute Gasteiger partial charge is 0.0900 e. The van der Waals surface area contributed by atoms with Crippen LogP contribution in [0.4, 0.5) is 5.69 Å². The van der Waals surface area contributed by atoms with E-state index in [9.17, 15) is 5.11 Å². The normalized spacial score (nSPS) is 17.0. The maximum Gasteiger partial charge on any atom is 0.0900 e. The van der Waals surface area contributed by atoms with Gasteiger partial charge in [-0.25, -0.2) is 0 Å². The molecule has 1 fully saturated rings. The highest BCUT2D eigenvalue weighted by Crippen LogP contribution is 2.22. The van der Waals surface area contributed by atoms with Crippen LogP contribution >= 0.6 is 24.0 Å². The van der Waals surface area contributed by atoms with Crippen molar-refractivity contribution >= 4 is 29.7 Å². The Morgan fingerprint density at radius 3 is 2.39 bits per heavy atom. The molecule has 1 saturated heterocycles. The van der Waals surface area contributed by atoms with E-state index in [1.54, 1.807) is 0 Å². The summed E-state index contributed by atoms with van der Waals surface area (Å²) in [6.45, 7) is 6.86. The summed E-state index contributed by atoms with van der Waals surface area (Å²) in [4.78, 5) is 4.65. The molecule has 6 heteroatoms. The van der Waals surface area contributed by atoms with E-state index in [2.05, 4.69) is 34.9 Å². The van der Waals surface area contributed by atoms with Crippen LogP contribution in [0.15, 0.2) is 54.6 Å². The molecule has 2 aromatic rings. The molecule has 0 saturated carbocycles. The average molecular weight is 425 g/mol. The number of aliphatic hydroxyl groups is 1. The number of anilines is 1. The molecule has 0 aromatic heterocycles. The minimum absolute atomic E-state index is 0. The van der Waals surface area contributed by atoms with E-state index in [0.29, 0.717) is 13.2 Å². The number of hydrogen-bond acceptors (Lipinski definition) is 4. The van der Waals surface area contributed by atoms with Gasteiger partial charge in [-0.3, -0.25) is 4.90 Å². The number of halogens is 2. The average Bonchev–Trinajstić information content (AvgIpc) is 2.70. The molecule has 1 aliphatic heterocycles. The van der Waals surface area contributed by atoms with Gasteiger partial charge in [0.15, 0.2) is 0 Å². The van der Waals surface area contributed by atoms with Crippen molar-refractivity contribution in [2.45, 2.75) is 25.6 Å². The Balaban J connectivity index is 0.00000280. The third-order valence-corrected chi connectivity index (χ3v) is 5.28. The van der Waals surface area contributed by atoms with Crippen molar-refractivity contribution in [1.29, 1.82) is 0 Å². The molecule has 2 atom stereocenters. The zero-order valence-electron chi connectivity index (χ0n) is 16.3. The molecule has 4 nitrogen and oxygen atoms in total. The van der Waals surface area contributed by atoms with Crippen LogP contribution in [0.25, 0.3) is 0 Å². The van der Waals surface area contributed by atoms with E-state index in [1.807, 2.05) is 36.4 Å². The Hall–Kier alpha value is -1.30. The quantitative estimate of drug-likeness (QED) is 0.680. The van der Waals surface area contributed by atoms with E-state index in [1.165, 1.54) is 11.3 Å². The molecule has 0 aliphatic carbocycles. The van der Waals surface area contributed by atoms with Crippen LogP contribution in [0.1, 0.15) is 25.0 Å². The highest BCUT2D eigenvalue weighted by atomic mass is 35.5. The number of piperazine rings is 1. The number of ether oxygens (including phenoxy) is 1. The Morgan fingerprint density at radius 2 is 1.75 bits per heavy atom. The highest BCUT2D eigenvalue weighted by Gasteiger charge is 2.20. The second kappa shape index (κ2) is 11.6. The highest BCUT2D eigenvalue weighted by molar-refractivity contribution is 6.30. The molecule has 2 unspecified atom stereocenters. The molecule has 0 bridgehead atoms. The molecule has 0 spiro atoms. The number of aliphatic hydroxyl groups excluding tert-OH is 1. The van der Waals surface area contributed by atoms with Gasteiger partial charge < -0.3 is 14.7 Å². The molecule has 2 aromatic carbocycles. The number of nitrogens with zero attached hydrogens (tertiary/aromatic N) is 2. The first-order valence-corrected chi connectivity index (χ1v) is 10.1. The number of benzene rings is 2. The molecule has 28 heavy (non-hydrogen) atoms. The summed E-state index contributed by atoms with van der Waals surface area (Å²) < 4.78 is 5.98. The van der Waals surface area contributed by atoms with Gasteiger partial charge in [-0.1, -0.05) is 54.9 Å². The maximum atomic E-state index is 10.4. The summed E-state index contributed by atoms with van der Waals surface area (Å²) in [6, 6.07) is 18.2. The van der Waals surface area contributed by atoms with Crippen molar-refractivity contribution in [3.63, 3.8) is 0 Å². The Bertz CT molecular complexity index is 694. The first kappa shape index (κ1) is 23.0. The zero-order chi connectivity index (χ0) is 19.1. The largest absolute Gasteiger partial charge is 0.389 e. The standard InChI is InChI=1S/C22H29ClN2O2.ClH/c1-2-22(18-7-4-3-5-8-18)27-17-21(26)16-24-11-13-25(14-12-24)20-10-6-9-19(23)15-20;/h3-10,15,21-22,26H,2,11-14,16-17H2,1H3;1H. The predicted octanol–water partition coefficient (Wildman–Crippen LogP) is 4.41. The molecular weight excluding hydrogens is 395 g/mol. The van der Waals surface area contributed by atoms with Crippen molar-refractivity contribution < 1.29 is 9.84 Å². The van der Waals surface area contributed by atoms with E-state index in [0.717, 1.165) is 37.6 Å². The topological polar surface area (TPSA) is 35.9 Å². The van der Waals surface area contributed by atoms with Crippen LogP contribution in [-0.2, 0) is 4.74 Å². The molecule has 1 N–H and O–H groups in total. The van der Waals surface area contributed by atoms with Crippen molar-refractivity contribution in [3.05, 3.63) is 65.2 Å². The Labute approximate surface area is 179 Å². The molecular formula is C22H30Cl2N2O2. The third kappa shape index (κ3) is 6.64. The Morgan fingerprint density at radius 1 is 1.04 bits per heavy atom. The fourth-order valence-electron chi connectivity index (χ4n) is 3.56. The van der Waals surface area contributed by atoms with Crippen LogP contribution < -0.4 is 4.90 Å². The second-order valence-electron chi connectivity index (χ2n) is 7.06. The zero-order valence-corrected chi connectivity index (χ0v) is 17.9. The monoisotopic (exact) mass is 424 g/mol. The molecule has 154 valence electrons. The van der Waals surface area contributed by atoms with Crippen LogP contribution in [0, 0.1) is 0 Å². The molecule has 3 rings (SSSR count). The molecule has 1 heterocycles. The maximum absolute atomic E-state index is 10.4. The van der Waals surface area contributed by atoms with E-state index in [-0.39, 0.29) is 18.5 Å². The van der Waals surface area contributed by atoms with Crippen LogP contribution in [0.3, 0.4) is 0 Å². The first-order valence-electron chi connectivity index (χ1n) is 9.73. The van der Waals surface area contributed by atoms with Gasteiger partial charge >= 0.3 is 0 Å². The minimum Gasteiger partial charge on any atom is -0.389 e. The van der Waals surface area contributed by atoms with Gasteiger partial charge in [0.2, 0.25) is 0 Å². The van der Waals surface area contributed by atoms with Crippen molar-refractivity contribution in [3.8, 4) is 0 Å². The van der Waals surface area contributed by atoms with Gasteiger partial charge in [-0.15, -0.1) is 12.4 Å². The lowest BCUT2D eigenvalue weighted by Crippen LogP contribution is -2.49. The summed E-state index contributed by atoms with van der Waals surface area (Å²) in [6.07, 6.45) is 0.468. The predicted molar refractivity (Wildman–Crippen MR) is 119 cm³/mol. The number of β-amino-alcohol motifs (C(OH)–C–C–N with tert-alkyl or cyclic N) is 1. The van der Waals surface area contributed by atoms with Gasteiger partial charge in [-0.05, 0) is 30.2 Å².